The lowest BCUT2D eigenvalue weighted by atomic mass is 9.94. The summed E-state index contributed by atoms with van der Waals surface area (Å²) in [4.78, 5) is 13.6. The largest absolute Gasteiger partial charge is 0.464 e. The van der Waals surface area contributed by atoms with Crippen LogP contribution in [0.5, 0.6) is 0 Å². The van der Waals surface area contributed by atoms with Crippen LogP contribution in [0.3, 0.4) is 0 Å². The Labute approximate surface area is 131 Å². The Morgan fingerprint density at radius 2 is 2.05 bits per heavy atom. The zero-order valence-electron chi connectivity index (χ0n) is 13.2. The predicted molar refractivity (Wildman–Crippen MR) is 88.6 cm³/mol. The lowest BCUT2D eigenvalue weighted by Gasteiger charge is -2.31. The van der Waals surface area contributed by atoms with E-state index in [1.807, 2.05) is 12.1 Å². The van der Waals surface area contributed by atoms with E-state index in [9.17, 15) is 4.79 Å². The van der Waals surface area contributed by atoms with Crippen molar-refractivity contribution in [3.8, 4) is 0 Å². The summed E-state index contributed by atoms with van der Waals surface area (Å²) in [5, 5.41) is 10.1. The molecule has 3 rings (SSSR count). The van der Waals surface area contributed by atoms with Gasteiger partial charge in [-0.25, -0.2) is 4.79 Å². The van der Waals surface area contributed by atoms with Crippen LogP contribution in [0.1, 0.15) is 37.7 Å². The molecule has 1 saturated carbocycles. The minimum Gasteiger partial charge on any atom is -0.464 e. The number of carboxylic acid groups (broad SMARTS) is 1. The molecule has 0 atom stereocenters. The van der Waals surface area contributed by atoms with Crippen LogP contribution in [0.2, 0.25) is 0 Å². The normalized spacial score (nSPS) is 16.5. The van der Waals surface area contributed by atoms with Crippen molar-refractivity contribution in [2.75, 3.05) is 13.6 Å². The Balaban J connectivity index is 1.65. The number of hydrogen-bond donors (Lipinski definition) is 1. The summed E-state index contributed by atoms with van der Waals surface area (Å²) >= 11 is 0. The van der Waals surface area contributed by atoms with Crippen molar-refractivity contribution < 1.29 is 9.90 Å². The van der Waals surface area contributed by atoms with Gasteiger partial charge in [0.05, 0.1) is 5.52 Å². The second-order valence-corrected chi connectivity index (χ2v) is 6.38. The molecule has 0 aliphatic heterocycles. The Hall–Kier alpha value is -1.81. The molecule has 1 N–H and O–H groups in total. The maximum atomic E-state index is 11.1. The van der Waals surface area contributed by atoms with Crippen LogP contribution in [-0.4, -0.2) is 40.3 Å². The highest BCUT2D eigenvalue weighted by atomic mass is 16.4. The summed E-state index contributed by atoms with van der Waals surface area (Å²) in [6.45, 7) is 1.07. The Kier molecular flexibility index (Phi) is 4.48. The van der Waals surface area contributed by atoms with E-state index in [0.717, 1.165) is 29.9 Å². The highest BCUT2D eigenvalue weighted by Crippen LogP contribution is 2.22. The van der Waals surface area contributed by atoms with E-state index in [2.05, 4.69) is 24.1 Å². The molecule has 0 saturated heterocycles. The van der Waals surface area contributed by atoms with Crippen molar-refractivity contribution in [2.24, 2.45) is 0 Å². The molecule has 2 aromatic rings. The summed E-state index contributed by atoms with van der Waals surface area (Å²) in [6, 6.07) is 8.70. The van der Waals surface area contributed by atoms with Crippen LogP contribution in [0.15, 0.2) is 30.5 Å². The summed E-state index contributed by atoms with van der Waals surface area (Å²) in [5.41, 5.74) is 2.04. The molecular formula is C18H24N2O2. The SMILES string of the molecule is CN(CCc1ccc2c(ccn2C(=O)O)c1)C1CCCCC1. The highest BCUT2D eigenvalue weighted by molar-refractivity contribution is 5.89. The van der Waals surface area contributed by atoms with E-state index in [1.165, 1.54) is 42.2 Å². The van der Waals surface area contributed by atoms with Crippen molar-refractivity contribution in [2.45, 2.75) is 44.6 Å². The first-order valence-electron chi connectivity index (χ1n) is 8.18. The number of hydrogen-bond acceptors (Lipinski definition) is 2. The zero-order chi connectivity index (χ0) is 15.5. The Bertz CT molecular complexity index is 656. The van der Waals surface area contributed by atoms with E-state index >= 15 is 0 Å². The first kappa shape index (κ1) is 15.1. The smallest absolute Gasteiger partial charge is 0.415 e. The molecule has 0 bridgehead atoms. The standard InChI is InChI=1S/C18H24N2O2/c1-19(16-5-3-2-4-6-16)11-9-14-7-8-17-15(13-14)10-12-20(17)18(21)22/h7-8,10,12-13,16H,2-6,9,11H2,1H3,(H,21,22). The molecule has 1 aliphatic carbocycles. The zero-order valence-corrected chi connectivity index (χ0v) is 13.2. The van der Waals surface area contributed by atoms with Gasteiger partial charge in [0.15, 0.2) is 0 Å². The average Bonchev–Trinajstić information content (AvgIpc) is 2.96. The van der Waals surface area contributed by atoms with Crippen LogP contribution in [-0.2, 0) is 6.42 Å². The van der Waals surface area contributed by atoms with E-state index in [0.29, 0.717) is 0 Å². The van der Waals surface area contributed by atoms with Crippen LogP contribution < -0.4 is 0 Å². The molecule has 1 fully saturated rings. The van der Waals surface area contributed by atoms with Crippen LogP contribution in [0, 0.1) is 0 Å². The van der Waals surface area contributed by atoms with E-state index in [1.54, 1.807) is 6.20 Å². The molecule has 4 nitrogen and oxygen atoms in total. The molecule has 0 radical (unpaired) electrons. The fraction of sp³-hybridized carbons (Fsp3) is 0.500. The average molecular weight is 300 g/mol. The minimum absolute atomic E-state index is 0.741. The maximum Gasteiger partial charge on any atom is 0.415 e. The second-order valence-electron chi connectivity index (χ2n) is 6.38. The number of carbonyl (C=O) groups is 1. The van der Waals surface area contributed by atoms with Crippen molar-refractivity contribution in [3.05, 3.63) is 36.0 Å². The predicted octanol–water partition coefficient (Wildman–Crippen LogP) is 3.97. The Morgan fingerprint density at radius 1 is 1.27 bits per heavy atom. The topological polar surface area (TPSA) is 45.5 Å². The third-order valence-electron chi connectivity index (χ3n) is 4.91. The minimum atomic E-state index is -0.931. The molecule has 0 spiro atoms. The molecule has 1 aromatic carbocycles. The third-order valence-corrected chi connectivity index (χ3v) is 4.91. The number of benzene rings is 1. The molecule has 0 amide bonds. The van der Waals surface area contributed by atoms with Gasteiger partial charge in [-0.3, -0.25) is 4.57 Å². The third kappa shape index (κ3) is 3.17. The van der Waals surface area contributed by atoms with Gasteiger partial charge in [0.2, 0.25) is 0 Å². The van der Waals surface area contributed by atoms with E-state index in [-0.39, 0.29) is 0 Å². The van der Waals surface area contributed by atoms with E-state index < -0.39 is 6.09 Å². The van der Waals surface area contributed by atoms with E-state index in [4.69, 9.17) is 5.11 Å². The fourth-order valence-corrected chi connectivity index (χ4v) is 3.52. The number of aromatic nitrogens is 1. The lowest BCUT2D eigenvalue weighted by molar-refractivity contribution is 0.194. The van der Waals surface area contributed by atoms with Gasteiger partial charge in [0.25, 0.3) is 0 Å². The molecule has 1 aliphatic rings. The first-order chi connectivity index (χ1) is 10.6. The molecule has 22 heavy (non-hydrogen) atoms. The molecule has 1 aromatic heterocycles. The number of nitrogens with zero attached hydrogens (tertiary/aromatic N) is 2. The van der Waals surface area contributed by atoms with Crippen molar-refractivity contribution in [3.63, 3.8) is 0 Å². The molecule has 118 valence electrons. The summed E-state index contributed by atoms with van der Waals surface area (Å²) in [6.07, 6.45) is 8.48. The van der Waals surface area contributed by atoms with Gasteiger partial charge in [-0.1, -0.05) is 25.3 Å². The quantitative estimate of drug-likeness (QED) is 0.929. The molecule has 1 heterocycles. The molecule has 4 heteroatoms. The van der Waals surface area contributed by atoms with Crippen LogP contribution in [0.25, 0.3) is 10.9 Å². The van der Waals surface area contributed by atoms with Crippen LogP contribution in [0.4, 0.5) is 4.79 Å². The first-order valence-corrected chi connectivity index (χ1v) is 8.18. The van der Waals surface area contributed by atoms with Crippen molar-refractivity contribution in [1.82, 2.24) is 9.47 Å². The number of rotatable bonds is 4. The molecular weight excluding hydrogens is 276 g/mol. The van der Waals surface area contributed by atoms with Gasteiger partial charge in [0.1, 0.15) is 0 Å². The lowest BCUT2D eigenvalue weighted by Crippen LogP contribution is -2.34. The maximum absolute atomic E-state index is 11.1. The van der Waals surface area contributed by atoms with Gasteiger partial charge in [0, 0.05) is 24.2 Å². The summed E-state index contributed by atoms with van der Waals surface area (Å²) < 4.78 is 1.27. The van der Waals surface area contributed by atoms with Crippen molar-refractivity contribution in [1.29, 1.82) is 0 Å². The molecule has 0 unspecified atom stereocenters. The highest BCUT2D eigenvalue weighted by Gasteiger charge is 2.17. The summed E-state index contributed by atoms with van der Waals surface area (Å²) in [7, 11) is 2.23. The summed E-state index contributed by atoms with van der Waals surface area (Å²) in [5.74, 6) is 0. The monoisotopic (exact) mass is 300 g/mol. The second kappa shape index (κ2) is 6.53. The number of likely N-dealkylation sites (N-methyl/N-ethyl adjacent to an activating group) is 1. The van der Waals surface area contributed by atoms with Gasteiger partial charge < -0.3 is 10.0 Å². The fourth-order valence-electron chi connectivity index (χ4n) is 3.52. The van der Waals surface area contributed by atoms with Gasteiger partial charge in [-0.2, -0.15) is 0 Å². The van der Waals surface area contributed by atoms with Gasteiger partial charge >= 0.3 is 6.09 Å². The van der Waals surface area contributed by atoms with Crippen molar-refractivity contribution >= 4 is 17.0 Å². The van der Waals surface area contributed by atoms with Crippen LogP contribution >= 0.6 is 0 Å². The van der Waals surface area contributed by atoms with Gasteiger partial charge in [-0.15, -0.1) is 0 Å². The number of fused-ring (bicyclic) bond motifs is 1. The Morgan fingerprint density at radius 3 is 2.77 bits per heavy atom. The van der Waals surface area contributed by atoms with Gasteiger partial charge in [-0.05, 0) is 50.1 Å².